The number of nitrogens with zero attached hydrogens (tertiary/aromatic N) is 2. The van der Waals surface area contributed by atoms with Crippen molar-refractivity contribution in [1.29, 1.82) is 0 Å². The van der Waals surface area contributed by atoms with Crippen LogP contribution in [0.5, 0.6) is 0 Å². The second-order valence-electron chi connectivity index (χ2n) is 9.63. The van der Waals surface area contributed by atoms with Gasteiger partial charge in [-0.3, -0.25) is 14.4 Å². The van der Waals surface area contributed by atoms with Gasteiger partial charge in [-0.05, 0) is 51.7 Å². The van der Waals surface area contributed by atoms with Gasteiger partial charge in [-0.25, -0.2) is 0 Å². The van der Waals surface area contributed by atoms with E-state index in [9.17, 15) is 19.5 Å². The predicted octanol–water partition coefficient (Wildman–Crippen LogP) is 3.68. The van der Waals surface area contributed by atoms with Crippen molar-refractivity contribution in [3.8, 4) is 0 Å². The SMILES string of the molecule is C=CCN(C(=O)C1N(CCCCO)C(=O)[C@@H]2[C@@H](C(=O)OCC)[C@@]3(C)CCC12S3)c1ccccc1Cl. The molecule has 2 amide bonds. The van der Waals surface area contributed by atoms with Crippen LogP contribution in [0.15, 0.2) is 36.9 Å². The van der Waals surface area contributed by atoms with E-state index in [0.29, 0.717) is 36.5 Å². The molecule has 35 heavy (non-hydrogen) atoms. The van der Waals surface area contributed by atoms with Crippen molar-refractivity contribution in [1.82, 2.24) is 4.90 Å². The molecule has 3 aliphatic heterocycles. The number of carbonyl (C=O) groups excluding carboxylic acids is 3. The summed E-state index contributed by atoms with van der Waals surface area (Å²) >= 11 is 8.09. The lowest BCUT2D eigenvalue weighted by Gasteiger charge is -2.37. The van der Waals surface area contributed by atoms with Gasteiger partial charge >= 0.3 is 5.97 Å². The van der Waals surface area contributed by atoms with Crippen molar-refractivity contribution in [2.24, 2.45) is 11.8 Å². The zero-order valence-corrected chi connectivity index (χ0v) is 21.8. The minimum Gasteiger partial charge on any atom is -0.466 e. The van der Waals surface area contributed by atoms with E-state index < -0.39 is 27.4 Å². The number of ether oxygens (including phenoxy) is 1. The van der Waals surface area contributed by atoms with Gasteiger partial charge in [0.05, 0.1) is 33.9 Å². The van der Waals surface area contributed by atoms with Gasteiger partial charge in [-0.15, -0.1) is 18.3 Å². The summed E-state index contributed by atoms with van der Waals surface area (Å²) in [7, 11) is 0. The Labute approximate surface area is 215 Å². The molecule has 7 nitrogen and oxygen atoms in total. The molecular weight excluding hydrogens is 488 g/mol. The number of rotatable bonds is 10. The smallest absolute Gasteiger partial charge is 0.311 e. The molecule has 2 bridgehead atoms. The molecule has 3 heterocycles. The first-order valence-corrected chi connectivity index (χ1v) is 13.4. The van der Waals surface area contributed by atoms with Gasteiger partial charge in [0.1, 0.15) is 6.04 Å². The Bertz CT molecular complexity index is 1020. The molecule has 0 aliphatic carbocycles. The van der Waals surface area contributed by atoms with Crippen LogP contribution in [0.25, 0.3) is 0 Å². The summed E-state index contributed by atoms with van der Waals surface area (Å²) in [5.41, 5.74) is 0.562. The quantitative estimate of drug-likeness (QED) is 0.288. The van der Waals surface area contributed by atoms with Crippen LogP contribution in [0.2, 0.25) is 5.02 Å². The molecule has 1 spiro atoms. The molecule has 1 aromatic rings. The summed E-state index contributed by atoms with van der Waals surface area (Å²) in [5.74, 6) is -1.97. The van der Waals surface area contributed by atoms with Gasteiger partial charge in [0.2, 0.25) is 5.91 Å². The van der Waals surface area contributed by atoms with Crippen LogP contribution in [0, 0.1) is 11.8 Å². The second kappa shape index (κ2) is 10.1. The fourth-order valence-corrected chi connectivity index (χ4v) is 8.76. The van der Waals surface area contributed by atoms with Gasteiger partial charge < -0.3 is 19.6 Å². The van der Waals surface area contributed by atoms with Crippen LogP contribution in [-0.2, 0) is 19.1 Å². The van der Waals surface area contributed by atoms with Crippen molar-refractivity contribution in [3.05, 3.63) is 41.9 Å². The molecular formula is C26H33ClN2O5S. The zero-order valence-electron chi connectivity index (χ0n) is 20.2. The number of likely N-dealkylation sites (tertiary alicyclic amines) is 1. The van der Waals surface area contributed by atoms with E-state index in [-0.39, 0.29) is 37.5 Å². The Kier molecular flexibility index (Phi) is 7.55. The molecule has 4 rings (SSSR count). The summed E-state index contributed by atoms with van der Waals surface area (Å²) in [6, 6.07) is 6.39. The number of anilines is 1. The highest BCUT2D eigenvalue weighted by Gasteiger charge is 2.77. The predicted molar refractivity (Wildman–Crippen MR) is 137 cm³/mol. The average molecular weight is 521 g/mol. The number of thioether (sulfide) groups is 1. The van der Waals surface area contributed by atoms with Crippen LogP contribution in [0.3, 0.4) is 0 Å². The molecule has 9 heteroatoms. The number of para-hydroxylation sites is 1. The molecule has 3 fully saturated rings. The molecule has 0 saturated carbocycles. The van der Waals surface area contributed by atoms with E-state index in [0.717, 1.165) is 6.42 Å². The zero-order chi connectivity index (χ0) is 25.4. The molecule has 190 valence electrons. The highest BCUT2D eigenvalue weighted by Crippen LogP contribution is 2.71. The fourth-order valence-electron chi connectivity index (χ4n) is 6.18. The molecule has 2 unspecified atom stereocenters. The van der Waals surface area contributed by atoms with Gasteiger partial charge in [0, 0.05) is 24.4 Å². The third kappa shape index (κ3) is 4.17. The van der Waals surface area contributed by atoms with Crippen LogP contribution in [0.4, 0.5) is 5.69 Å². The average Bonchev–Trinajstić information content (AvgIpc) is 3.39. The van der Waals surface area contributed by atoms with Crippen LogP contribution >= 0.6 is 23.4 Å². The molecule has 5 atom stereocenters. The summed E-state index contributed by atoms with van der Waals surface area (Å²) < 4.78 is 4.23. The van der Waals surface area contributed by atoms with Crippen LogP contribution in [0.1, 0.15) is 39.5 Å². The van der Waals surface area contributed by atoms with E-state index in [1.54, 1.807) is 52.8 Å². The van der Waals surface area contributed by atoms with Crippen molar-refractivity contribution in [2.75, 3.05) is 31.2 Å². The summed E-state index contributed by atoms with van der Waals surface area (Å²) in [5, 5.41) is 9.76. The van der Waals surface area contributed by atoms with Crippen molar-refractivity contribution < 1.29 is 24.2 Å². The number of benzene rings is 1. The maximum Gasteiger partial charge on any atom is 0.311 e. The van der Waals surface area contributed by atoms with Crippen LogP contribution < -0.4 is 4.90 Å². The summed E-state index contributed by atoms with van der Waals surface area (Å²) in [6.07, 6.45) is 4.12. The molecule has 3 saturated heterocycles. The Hall–Kier alpha value is -2.03. The number of hydrogen-bond acceptors (Lipinski definition) is 6. The lowest BCUT2D eigenvalue weighted by molar-refractivity contribution is -0.155. The lowest BCUT2D eigenvalue weighted by atomic mass is 9.66. The third-order valence-electron chi connectivity index (χ3n) is 7.58. The van der Waals surface area contributed by atoms with E-state index in [1.165, 1.54) is 0 Å². The van der Waals surface area contributed by atoms with E-state index in [1.807, 2.05) is 13.0 Å². The first-order valence-electron chi connectivity index (χ1n) is 12.2. The van der Waals surface area contributed by atoms with Gasteiger partial charge in [-0.1, -0.05) is 29.8 Å². The number of unbranched alkanes of at least 4 members (excludes halogenated alkanes) is 1. The summed E-state index contributed by atoms with van der Waals surface area (Å²) in [6.45, 7) is 8.44. The number of aliphatic hydroxyl groups excluding tert-OH is 1. The normalized spacial score (nSPS) is 30.9. The maximum atomic E-state index is 14.4. The third-order valence-corrected chi connectivity index (χ3v) is 9.88. The Morgan fingerprint density at radius 2 is 2.09 bits per heavy atom. The number of aliphatic hydroxyl groups is 1. The highest BCUT2D eigenvalue weighted by molar-refractivity contribution is 8.02. The van der Waals surface area contributed by atoms with E-state index in [4.69, 9.17) is 16.3 Å². The first kappa shape index (κ1) is 26.0. The number of fused-ring (bicyclic) bond motifs is 1. The van der Waals surface area contributed by atoms with Crippen molar-refractivity contribution >= 4 is 46.8 Å². The Morgan fingerprint density at radius 1 is 1.34 bits per heavy atom. The Morgan fingerprint density at radius 3 is 2.74 bits per heavy atom. The van der Waals surface area contributed by atoms with Crippen molar-refractivity contribution in [3.63, 3.8) is 0 Å². The number of halogens is 1. The Balaban J connectivity index is 1.79. The van der Waals surface area contributed by atoms with Gasteiger partial charge in [0.25, 0.3) is 5.91 Å². The van der Waals surface area contributed by atoms with Crippen LogP contribution in [-0.4, -0.2) is 69.6 Å². The topological polar surface area (TPSA) is 87.2 Å². The molecule has 1 N–H and O–H groups in total. The molecule has 3 aliphatic rings. The minimum atomic E-state index is -0.749. The van der Waals surface area contributed by atoms with Crippen molar-refractivity contribution in [2.45, 2.75) is 55.1 Å². The molecule has 0 radical (unpaired) electrons. The first-order chi connectivity index (χ1) is 16.8. The largest absolute Gasteiger partial charge is 0.466 e. The standard InChI is InChI=1S/C26H33ClN2O5S/c1-4-14-28(18-11-7-6-10-17(18)27)23(32)21-26-13-12-25(3,35-26)20(24(33)34-5-2)19(26)22(31)29(21)15-8-9-16-30/h4,6-7,10-11,19-21,30H,1,5,8-9,12-16H2,2-3H3/t19-,20-,21?,25+,26?/m0/s1. The second-order valence-corrected chi connectivity index (χ2v) is 11.9. The minimum absolute atomic E-state index is 0.00962. The van der Waals surface area contributed by atoms with Gasteiger partial charge in [-0.2, -0.15) is 0 Å². The number of hydrogen-bond donors (Lipinski definition) is 1. The molecule has 0 aromatic heterocycles. The number of carbonyl (C=O) groups is 3. The lowest BCUT2D eigenvalue weighted by Crippen LogP contribution is -2.55. The number of esters is 1. The highest BCUT2D eigenvalue weighted by atomic mass is 35.5. The van der Waals surface area contributed by atoms with Gasteiger partial charge in [0.15, 0.2) is 0 Å². The molecule has 1 aromatic carbocycles. The monoisotopic (exact) mass is 520 g/mol. The van der Waals surface area contributed by atoms with E-state index in [2.05, 4.69) is 6.58 Å². The maximum absolute atomic E-state index is 14.4. The van der Waals surface area contributed by atoms with E-state index >= 15 is 0 Å². The summed E-state index contributed by atoms with van der Waals surface area (Å²) in [4.78, 5) is 44.7. The fraction of sp³-hybridized carbons (Fsp3) is 0.577. The number of amides is 2.